The molecule has 4 rings (SSSR count). The number of hydrogen-bond donors (Lipinski definition) is 2. The van der Waals surface area contributed by atoms with Gasteiger partial charge in [0.15, 0.2) is 0 Å². The number of nitrogens with zero attached hydrogens (tertiary/aromatic N) is 3. The molecule has 1 saturated heterocycles. The van der Waals surface area contributed by atoms with Crippen LogP contribution < -0.4 is 15.5 Å². The van der Waals surface area contributed by atoms with Gasteiger partial charge in [0, 0.05) is 31.3 Å². The summed E-state index contributed by atoms with van der Waals surface area (Å²) >= 11 is 0. The summed E-state index contributed by atoms with van der Waals surface area (Å²) in [4.78, 5) is 11.2. The molecule has 2 aromatic carbocycles. The van der Waals surface area contributed by atoms with E-state index in [9.17, 15) is 4.39 Å². The molecule has 3 aromatic rings. The highest BCUT2D eigenvalue weighted by molar-refractivity contribution is 5.75. The van der Waals surface area contributed by atoms with Crippen LogP contribution in [-0.2, 0) is 11.3 Å². The number of benzene rings is 2. The zero-order chi connectivity index (χ0) is 20.1. The molecule has 1 fully saturated rings. The fourth-order valence-electron chi connectivity index (χ4n) is 3.35. The van der Waals surface area contributed by atoms with Gasteiger partial charge in [-0.3, -0.25) is 0 Å². The number of nitrogens with one attached hydrogen (secondary N) is 2. The second-order valence-corrected chi connectivity index (χ2v) is 6.87. The van der Waals surface area contributed by atoms with Crippen LogP contribution in [-0.4, -0.2) is 36.3 Å². The van der Waals surface area contributed by atoms with E-state index in [4.69, 9.17) is 4.74 Å². The molecule has 0 atom stereocenters. The van der Waals surface area contributed by atoms with Crippen molar-refractivity contribution in [1.82, 2.24) is 9.97 Å². The maximum atomic E-state index is 13.9. The SMILES string of the molecule is Cc1nc(NCc2ccccc2F)cc(Nc2ccccc2N2CCOCC2)n1. The molecular formula is C22H24FN5O. The van der Waals surface area contributed by atoms with Gasteiger partial charge < -0.3 is 20.3 Å². The van der Waals surface area contributed by atoms with Crippen LogP contribution in [0.15, 0.2) is 54.6 Å². The molecule has 29 heavy (non-hydrogen) atoms. The van der Waals surface area contributed by atoms with E-state index < -0.39 is 0 Å². The molecular weight excluding hydrogens is 369 g/mol. The Morgan fingerprint density at radius 1 is 1.00 bits per heavy atom. The summed E-state index contributed by atoms with van der Waals surface area (Å²) in [5.41, 5.74) is 2.69. The van der Waals surface area contributed by atoms with Crippen LogP contribution in [0.1, 0.15) is 11.4 Å². The topological polar surface area (TPSA) is 62.3 Å². The summed E-state index contributed by atoms with van der Waals surface area (Å²) in [6, 6.07) is 16.7. The second-order valence-electron chi connectivity index (χ2n) is 6.87. The third-order valence-electron chi connectivity index (χ3n) is 4.77. The van der Waals surface area contributed by atoms with Gasteiger partial charge in [-0.25, -0.2) is 14.4 Å². The predicted molar refractivity (Wildman–Crippen MR) is 113 cm³/mol. The van der Waals surface area contributed by atoms with Gasteiger partial charge >= 0.3 is 0 Å². The van der Waals surface area contributed by atoms with E-state index in [1.54, 1.807) is 12.1 Å². The van der Waals surface area contributed by atoms with E-state index in [2.05, 4.69) is 31.6 Å². The molecule has 1 aliphatic heterocycles. The maximum absolute atomic E-state index is 13.9. The van der Waals surface area contributed by atoms with Gasteiger partial charge in [0.25, 0.3) is 0 Å². The smallest absolute Gasteiger partial charge is 0.136 e. The molecule has 0 radical (unpaired) electrons. The average molecular weight is 393 g/mol. The molecule has 0 aliphatic carbocycles. The van der Waals surface area contributed by atoms with E-state index in [1.807, 2.05) is 37.3 Å². The van der Waals surface area contributed by atoms with Crippen LogP contribution in [0.5, 0.6) is 0 Å². The Morgan fingerprint density at radius 3 is 2.55 bits per heavy atom. The maximum Gasteiger partial charge on any atom is 0.136 e. The molecule has 1 aliphatic rings. The Kier molecular flexibility index (Phi) is 5.86. The van der Waals surface area contributed by atoms with Crippen molar-refractivity contribution < 1.29 is 9.13 Å². The zero-order valence-corrected chi connectivity index (χ0v) is 16.4. The summed E-state index contributed by atoms with van der Waals surface area (Å²) in [5, 5.41) is 6.60. The van der Waals surface area contributed by atoms with Crippen LogP contribution in [0.25, 0.3) is 0 Å². The first kappa shape index (κ1) is 19.1. The number of halogens is 1. The standard InChI is InChI=1S/C22H24FN5O/c1-16-25-21(24-15-17-6-2-3-7-18(17)23)14-22(26-16)27-19-8-4-5-9-20(19)28-10-12-29-13-11-28/h2-9,14H,10-13,15H2,1H3,(H2,24,25,26,27). The molecule has 1 aromatic heterocycles. The van der Waals surface area contributed by atoms with Gasteiger partial charge in [0.05, 0.1) is 24.6 Å². The molecule has 150 valence electrons. The van der Waals surface area contributed by atoms with Crippen molar-refractivity contribution in [2.45, 2.75) is 13.5 Å². The fourth-order valence-corrected chi connectivity index (χ4v) is 3.35. The van der Waals surface area contributed by atoms with Crippen LogP contribution >= 0.6 is 0 Å². The first-order chi connectivity index (χ1) is 14.2. The van der Waals surface area contributed by atoms with Crippen LogP contribution in [0.2, 0.25) is 0 Å². The lowest BCUT2D eigenvalue weighted by Crippen LogP contribution is -2.36. The second kappa shape index (κ2) is 8.87. The summed E-state index contributed by atoms with van der Waals surface area (Å²) in [6.45, 7) is 5.37. The minimum absolute atomic E-state index is 0.233. The van der Waals surface area contributed by atoms with Gasteiger partial charge in [0.1, 0.15) is 23.3 Å². The predicted octanol–water partition coefficient (Wildman–Crippen LogP) is 4.12. The number of hydrogen-bond acceptors (Lipinski definition) is 6. The summed E-state index contributed by atoms with van der Waals surface area (Å²) in [7, 11) is 0. The molecule has 2 heterocycles. The summed E-state index contributed by atoms with van der Waals surface area (Å²) in [6.07, 6.45) is 0. The van der Waals surface area contributed by atoms with Crippen molar-refractivity contribution in [1.29, 1.82) is 0 Å². The molecule has 2 N–H and O–H groups in total. The molecule has 6 nitrogen and oxygen atoms in total. The fraction of sp³-hybridized carbons (Fsp3) is 0.273. The van der Waals surface area contributed by atoms with Crippen molar-refractivity contribution >= 4 is 23.0 Å². The Hall–Kier alpha value is -3.19. The van der Waals surface area contributed by atoms with Gasteiger partial charge in [-0.1, -0.05) is 30.3 Å². The molecule has 0 spiro atoms. The normalized spacial score (nSPS) is 13.9. The Labute approximate surface area is 169 Å². The molecule has 0 unspecified atom stereocenters. The first-order valence-corrected chi connectivity index (χ1v) is 9.71. The number of aryl methyl sites for hydroxylation is 1. The van der Waals surface area contributed by atoms with Gasteiger partial charge in [-0.2, -0.15) is 0 Å². The Bertz CT molecular complexity index is 975. The van der Waals surface area contributed by atoms with Crippen molar-refractivity contribution in [2.75, 3.05) is 41.8 Å². The van der Waals surface area contributed by atoms with Crippen LogP contribution in [0, 0.1) is 12.7 Å². The zero-order valence-electron chi connectivity index (χ0n) is 16.4. The van der Waals surface area contributed by atoms with Gasteiger partial charge in [-0.05, 0) is 25.1 Å². The highest BCUT2D eigenvalue weighted by atomic mass is 19.1. The monoisotopic (exact) mass is 393 g/mol. The number of anilines is 4. The van der Waals surface area contributed by atoms with E-state index in [1.165, 1.54) is 6.07 Å². The van der Waals surface area contributed by atoms with Crippen LogP contribution in [0.3, 0.4) is 0 Å². The number of ether oxygens (including phenoxy) is 1. The minimum atomic E-state index is -0.233. The van der Waals surface area contributed by atoms with E-state index >= 15 is 0 Å². The lowest BCUT2D eigenvalue weighted by molar-refractivity contribution is 0.123. The van der Waals surface area contributed by atoms with Crippen molar-refractivity contribution in [3.05, 3.63) is 71.8 Å². The average Bonchev–Trinajstić information content (AvgIpc) is 2.74. The van der Waals surface area contributed by atoms with Crippen LogP contribution in [0.4, 0.5) is 27.4 Å². The molecule has 0 amide bonds. The minimum Gasteiger partial charge on any atom is -0.378 e. The third-order valence-corrected chi connectivity index (χ3v) is 4.77. The van der Waals surface area contributed by atoms with Crippen molar-refractivity contribution in [2.24, 2.45) is 0 Å². The number of rotatable bonds is 6. The van der Waals surface area contributed by atoms with Crippen molar-refractivity contribution in [3.8, 4) is 0 Å². The summed E-state index contributed by atoms with van der Waals surface area (Å²) in [5.74, 6) is 1.74. The number of para-hydroxylation sites is 2. The summed E-state index contributed by atoms with van der Waals surface area (Å²) < 4.78 is 19.3. The van der Waals surface area contributed by atoms with Gasteiger partial charge in [-0.15, -0.1) is 0 Å². The van der Waals surface area contributed by atoms with E-state index in [0.29, 0.717) is 29.6 Å². The van der Waals surface area contributed by atoms with E-state index in [-0.39, 0.29) is 5.82 Å². The first-order valence-electron chi connectivity index (χ1n) is 9.71. The highest BCUT2D eigenvalue weighted by Gasteiger charge is 2.15. The Balaban J connectivity index is 1.52. The quantitative estimate of drug-likeness (QED) is 0.657. The number of morpholine rings is 1. The lowest BCUT2D eigenvalue weighted by atomic mass is 10.2. The van der Waals surface area contributed by atoms with Gasteiger partial charge in [0.2, 0.25) is 0 Å². The van der Waals surface area contributed by atoms with Crippen molar-refractivity contribution in [3.63, 3.8) is 0 Å². The lowest BCUT2D eigenvalue weighted by Gasteiger charge is -2.30. The highest BCUT2D eigenvalue weighted by Crippen LogP contribution is 2.29. The third kappa shape index (κ3) is 4.81. The number of aromatic nitrogens is 2. The molecule has 0 bridgehead atoms. The largest absolute Gasteiger partial charge is 0.378 e. The molecule has 0 saturated carbocycles. The molecule has 7 heteroatoms. The Morgan fingerprint density at radius 2 is 1.72 bits per heavy atom. The van der Waals surface area contributed by atoms with E-state index in [0.717, 1.165) is 37.7 Å².